The Morgan fingerprint density at radius 1 is 1.20 bits per heavy atom. The van der Waals surface area contributed by atoms with Crippen molar-refractivity contribution in [3.63, 3.8) is 0 Å². The zero-order valence-electron chi connectivity index (χ0n) is 14.1. The van der Waals surface area contributed by atoms with Gasteiger partial charge in [-0.15, -0.1) is 0 Å². The van der Waals surface area contributed by atoms with Gasteiger partial charge in [0.2, 0.25) is 0 Å². The van der Waals surface area contributed by atoms with Gasteiger partial charge in [-0.05, 0) is 49.1 Å². The van der Waals surface area contributed by atoms with Crippen LogP contribution in [0.3, 0.4) is 0 Å². The summed E-state index contributed by atoms with van der Waals surface area (Å²) in [4.78, 5) is 6.78. The molecule has 2 heterocycles. The molecule has 2 aromatic carbocycles. The second-order valence-electron chi connectivity index (χ2n) is 7.34. The molecule has 1 aliphatic heterocycles. The first kappa shape index (κ1) is 15.1. The monoisotopic (exact) mass is 350 g/mol. The first-order valence-corrected chi connectivity index (χ1v) is 9.14. The third kappa shape index (κ3) is 2.17. The number of nitrogens with zero attached hydrogens (tertiary/aromatic N) is 1. The van der Waals surface area contributed by atoms with Crippen LogP contribution in [0.4, 0.5) is 4.39 Å². The Morgan fingerprint density at radius 3 is 2.72 bits per heavy atom. The van der Waals surface area contributed by atoms with Gasteiger partial charge in [-0.2, -0.15) is 0 Å². The van der Waals surface area contributed by atoms with E-state index in [0.29, 0.717) is 0 Å². The lowest BCUT2D eigenvalue weighted by molar-refractivity contribution is 0.295. The standard InChI is InChI=1S/C21H19FN2S/c1-13(25)24-12-21(9-10-21)18-16-7-2-3-8-17(16)23-19(18)20(24)14-5-4-6-15(22)11-14/h2-8,11,20,23H,9-10,12H2,1H3. The van der Waals surface area contributed by atoms with Gasteiger partial charge in [0, 0.05) is 28.6 Å². The molecule has 0 amide bonds. The smallest absolute Gasteiger partial charge is 0.123 e. The molecule has 1 N–H and O–H groups in total. The van der Waals surface area contributed by atoms with Gasteiger partial charge < -0.3 is 9.88 Å². The van der Waals surface area contributed by atoms with Gasteiger partial charge in [0.15, 0.2) is 0 Å². The predicted molar refractivity (Wildman–Crippen MR) is 102 cm³/mol. The van der Waals surface area contributed by atoms with Crippen LogP contribution in [0.25, 0.3) is 10.9 Å². The number of hydrogen-bond acceptors (Lipinski definition) is 1. The summed E-state index contributed by atoms with van der Waals surface area (Å²) in [6, 6.07) is 15.3. The number of fused-ring (bicyclic) bond motifs is 4. The minimum Gasteiger partial charge on any atom is -0.356 e. The first-order valence-electron chi connectivity index (χ1n) is 8.73. The zero-order chi connectivity index (χ0) is 17.2. The molecule has 1 unspecified atom stereocenters. The van der Waals surface area contributed by atoms with Gasteiger partial charge in [0.1, 0.15) is 5.82 Å². The van der Waals surface area contributed by atoms with Crippen LogP contribution in [-0.2, 0) is 5.41 Å². The third-order valence-corrected chi connectivity index (χ3v) is 5.98. The predicted octanol–water partition coefficient (Wildman–Crippen LogP) is 5.09. The average Bonchev–Trinajstić information content (AvgIpc) is 3.24. The Labute approximate surface area is 151 Å². The highest BCUT2D eigenvalue weighted by Gasteiger charge is 2.53. The van der Waals surface area contributed by atoms with Gasteiger partial charge in [-0.1, -0.05) is 42.5 Å². The van der Waals surface area contributed by atoms with Crippen molar-refractivity contribution in [2.75, 3.05) is 6.54 Å². The van der Waals surface area contributed by atoms with E-state index in [1.807, 2.05) is 13.0 Å². The summed E-state index contributed by atoms with van der Waals surface area (Å²) < 4.78 is 13.9. The first-order chi connectivity index (χ1) is 12.1. The molecule has 2 nitrogen and oxygen atoms in total. The van der Waals surface area contributed by atoms with Crippen molar-refractivity contribution in [2.24, 2.45) is 0 Å². The lowest BCUT2D eigenvalue weighted by Crippen LogP contribution is -2.43. The van der Waals surface area contributed by atoms with Crippen molar-refractivity contribution >= 4 is 28.1 Å². The molecule has 1 saturated carbocycles. The molecule has 0 bridgehead atoms. The Morgan fingerprint density at radius 2 is 2.00 bits per heavy atom. The molecule has 1 spiro atoms. The number of H-pyrrole nitrogens is 1. The summed E-state index contributed by atoms with van der Waals surface area (Å²) in [5.74, 6) is -0.205. The normalized spacial score (nSPS) is 20.7. The number of para-hydroxylation sites is 1. The summed E-state index contributed by atoms with van der Waals surface area (Å²) in [7, 11) is 0. The van der Waals surface area contributed by atoms with Crippen LogP contribution >= 0.6 is 12.2 Å². The van der Waals surface area contributed by atoms with E-state index in [0.717, 1.165) is 22.6 Å². The molecule has 5 rings (SSSR count). The summed E-state index contributed by atoms with van der Waals surface area (Å²) >= 11 is 5.58. The van der Waals surface area contributed by atoms with E-state index in [2.05, 4.69) is 34.1 Å². The van der Waals surface area contributed by atoms with E-state index in [4.69, 9.17) is 12.2 Å². The second-order valence-corrected chi connectivity index (χ2v) is 7.93. The summed E-state index contributed by atoms with van der Waals surface area (Å²) in [6.45, 7) is 2.89. The lowest BCUT2D eigenvalue weighted by atomic mass is 9.83. The van der Waals surface area contributed by atoms with E-state index in [9.17, 15) is 4.39 Å². The number of rotatable bonds is 1. The lowest BCUT2D eigenvalue weighted by Gasteiger charge is -2.41. The van der Waals surface area contributed by atoms with Crippen molar-refractivity contribution in [3.05, 3.63) is 71.2 Å². The molecular weight excluding hydrogens is 331 g/mol. The van der Waals surface area contributed by atoms with E-state index in [1.165, 1.54) is 35.6 Å². The summed E-state index contributed by atoms with van der Waals surface area (Å²) in [6.07, 6.45) is 2.38. The number of aromatic amines is 1. The number of benzene rings is 2. The number of aromatic nitrogens is 1. The maximum absolute atomic E-state index is 13.9. The van der Waals surface area contributed by atoms with Crippen LogP contribution in [0, 0.1) is 5.82 Å². The number of thiocarbonyl (C=S) groups is 1. The van der Waals surface area contributed by atoms with Crippen molar-refractivity contribution in [2.45, 2.75) is 31.2 Å². The largest absolute Gasteiger partial charge is 0.356 e. The number of hydrogen-bond donors (Lipinski definition) is 1. The minimum absolute atomic E-state index is 0.0539. The minimum atomic E-state index is -0.205. The Kier molecular flexibility index (Phi) is 3.11. The van der Waals surface area contributed by atoms with Crippen LogP contribution in [0.5, 0.6) is 0 Å². The van der Waals surface area contributed by atoms with Crippen molar-refractivity contribution in [1.82, 2.24) is 9.88 Å². The quantitative estimate of drug-likeness (QED) is 0.616. The fraction of sp³-hybridized carbons (Fsp3) is 0.286. The summed E-state index contributed by atoms with van der Waals surface area (Å²) in [5, 5.41) is 1.30. The molecule has 0 saturated heterocycles. The molecule has 1 aromatic heterocycles. The molecule has 3 aromatic rings. The average molecular weight is 350 g/mol. The number of halogens is 1. The second kappa shape index (κ2) is 5.15. The molecule has 1 fully saturated rings. The highest BCUT2D eigenvalue weighted by molar-refractivity contribution is 7.80. The van der Waals surface area contributed by atoms with Crippen LogP contribution in [-0.4, -0.2) is 21.4 Å². The van der Waals surface area contributed by atoms with E-state index >= 15 is 0 Å². The third-order valence-electron chi connectivity index (χ3n) is 5.75. The van der Waals surface area contributed by atoms with Gasteiger partial charge in [-0.3, -0.25) is 0 Å². The Bertz CT molecular complexity index is 1000. The molecule has 4 heteroatoms. The van der Waals surface area contributed by atoms with Crippen LogP contribution in [0.1, 0.15) is 42.6 Å². The Hall–Kier alpha value is -2.20. The summed E-state index contributed by atoms with van der Waals surface area (Å²) in [5.41, 5.74) is 4.90. The van der Waals surface area contributed by atoms with Crippen molar-refractivity contribution < 1.29 is 4.39 Å². The molecule has 0 radical (unpaired) electrons. The molecule has 2 aliphatic rings. The van der Waals surface area contributed by atoms with Crippen molar-refractivity contribution in [3.8, 4) is 0 Å². The maximum Gasteiger partial charge on any atom is 0.123 e. The molecule has 1 atom stereocenters. The van der Waals surface area contributed by atoms with E-state index in [-0.39, 0.29) is 17.3 Å². The molecular formula is C21H19FN2S. The Balaban J connectivity index is 1.80. The zero-order valence-corrected chi connectivity index (χ0v) is 14.9. The van der Waals surface area contributed by atoms with Gasteiger partial charge >= 0.3 is 0 Å². The van der Waals surface area contributed by atoms with Crippen LogP contribution in [0.15, 0.2) is 48.5 Å². The molecule has 126 valence electrons. The van der Waals surface area contributed by atoms with E-state index in [1.54, 1.807) is 12.1 Å². The maximum atomic E-state index is 13.9. The van der Waals surface area contributed by atoms with Gasteiger partial charge in [0.05, 0.1) is 11.0 Å². The van der Waals surface area contributed by atoms with E-state index < -0.39 is 0 Å². The fourth-order valence-corrected chi connectivity index (χ4v) is 4.64. The van der Waals surface area contributed by atoms with Crippen LogP contribution < -0.4 is 0 Å². The fourth-order valence-electron chi connectivity index (χ4n) is 4.47. The molecule has 1 aliphatic carbocycles. The molecule has 25 heavy (non-hydrogen) atoms. The van der Waals surface area contributed by atoms with Gasteiger partial charge in [0.25, 0.3) is 0 Å². The van der Waals surface area contributed by atoms with Gasteiger partial charge in [-0.25, -0.2) is 4.39 Å². The SMILES string of the molecule is CC(=S)N1CC2(CC2)c2c([nH]c3ccccc23)C1c1cccc(F)c1. The highest BCUT2D eigenvalue weighted by Crippen LogP contribution is 2.57. The van der Waals surface area contributed by atoms with Crippen molar-refractivity contribution in [1.29, 1.82) is 0 Å². The highest BCUT2D eigenvalue weighted by atomic mass is 32.1. The number of nitrogens with one attached hydrogen (secondary N) is 1. The topological polar surface area (TPSA) is 19.0 Å². The van der Waals surface area contributed by atoms with Crippen LogP contribution in [0.2, 0.25) is 0 Å².